The lowest BCUT2D eigenvalue weighted by Crippen LogP contribution is -2.59. The Bertz CT molecular complexity index is 1940. The molecule has 0 radical (unpaired) electrons. The van der Waals surface area contributed by atoms with Crippen LogP contribution in [0.1, 0.15) is 89.5 Å². The van der Waals surface area contributed by atoms with E-state index in [-0.39, 0.29) is 16.7 Å². The Morgan fingerprint density at radius 3 is 1.83 bits per heavy atom. The minimum absolute atomic E-state index is 0.0682. The number of nitrogens with zero attached hydrogens (tertiary/aromatic N) is 1. The van der Waals surface area contributed by atoms with Crippen molar-refractivity contribution in [1.29, 1.82) is 0 Å². The first-order valence-electron chi connectivity index (χ1n) is 18.7. The fourth-order valence-corrected chi connectivity index (χ4v) is 8.31. The van der Waals surface area contributed by atoms with E-state index >= 15 is 0 Å². The lowest BCUT2D eigenvalue weighted by atomic mass is 9.67. The van der Waals surface area contributed by atoms with Crippen LogP contribution in [0.2, 0.25) is 0 Å². The number of hydrogen-bond donors (Lipinski definition) is 1. The maximum absolute atomic E-state index is 14.7. The molecule has 1 fully saturated rings. The van der Waals surface area contributed by atoms with Gasteiger partial charge in [-0.1, -0.05) is 57.7 Å². The molecule has 0 saturated heterocycles. The normalized spacial score (nSPS) is 31.1. The third kappa shape index (κ3) is 9.87. The molecule has 2 aliphatic carbocycles. The minimum Gasteiger partial charge on any atom is -0.459 e. The molecule has 10 atom stereocenters. The third-order valence-electron chi connectivity index (χ3n) is 10.5. The van der Waals surface area contributed by atoms with Crippen LogP contribution >= 0.6 is 0 Å². The molecule has 58 heavy (non-hydrogen) atoms. The molecule has 2 aliphatic rings. The summed E-state index contributed by atoms with van der Waals surface area (Å²) in [4.78, 5) is 97.7. The van der Waals surface area contributed by atoms with Gasteiger partial charge in [-0.25, -0.2) is 4.79 Å². The number of ketones is 1. The highest BCUT2D eigenvalue weighted by atomic mass is 16.6. The molecule has 1 saturated carbocycles. The maximum Gasteiger partial charge on any atom is 0.338 e. The Balaban J connectivity index is 2.16. The number of esters is 6. The highest BCUT2D eigenvalue weighted by molar-refractivity contribution is 5.99. The van der Waals surface area contributed by atoms with E-state index in [1.807, 2.05) is 0 Å². The molecule has 0 spiro atoms. The lowest BCUT2D eigenvalue weighted by molar-refractivity contribution is -0.193. The molecule has 4 rings (SSSR count). The Morgan fingerprint density at radius 2 is 1.29 bits per heavy atom. The first-order chi connectivity index (χ1) is 27.0. The average molecular weight is 806 g/mol. The van der Waals surface area contributed by atoms with Crippen LogP contribution < -0.4 is 0 Å². The van der Waals surface area contributed by atoms with Gasteiger partial charge in [-0.05, 0) is 36.6 Å². The molecule has 0 aliphatic heterocycles. The van der Waals surface area contributed by atoms with Gasteiger partial charge in [0, 0.05) is 70.5 Å². The van der Waals surface area contributed by atoms with Crippen molar-refractivity contribution in [2.24, 2.45) is 23.2 Å². The SMILES string of the molecule is C=C1[C@H](OC(C)=O)[C@@H](OC(C)=O)[C@@H](C(=O)c2cccnc2)C(C)(C)/C=C/[C@H](C)[C@H](OC(C)=O)[C@@]2(O)C[C@@](C)(OC(C)=O)[C@H](OC(=O)c3ccccc3)[C@@H]2[C@H]1OC(C)=O. The summed E-state index contributed by atoms with van der Waals surface area (Å²) in [5.74, 6) is -9.99. The van der Waals surface area contributed by atoms with Crippen molar-refractivity contribution in [3.63, 3.8) is 0 Å². The molecule has 0 amide bonds. The summed E-state index contributed by atoms with van der Waals surface area (Å²) in [5, 5.41) is 13.3. The highest BCUT2D eigenvalue weighted by Crippen LogP contribution is 2.54. The molecule has 1 aromatic heterocycles. The number of ether oxygens (including phenoxy) is 6. The highest BCUT2D eigenvalue weighted by Gasteiger charge is 2.70. The third-order valence-corrected chi connectivity index (χ3v) is 10.5. The van der Waals surface area contributed by atoms with E-state index in [4.69, 9.17) is 28.4 Å². The van der Waals surface area contributed by atoms with Crippen LogP contribution in [0, 0.1) is 23.2 Å². The van der Waals surface area contributed by atoms with Crippen LogP contribution in [0.5, 0.6) is 0 Å². The van der Waals surface area contributed by atoms with Crippen LogP contribution in [-0.2, 0) is 52.4 Å². The van der Waals surface area contributed by atoms with Crippen molar-refractivity contribution in [2.45, 2.75) is 110 Å². The monoisotopic (exact) mass is 805 g/mol. The molecule has 1 N–H and O–H groups in total. The van der Waals surface area contributed by atoms with Gasteiger partial charge in [0.25, 0.3) is 0 Å². The molecule has 15 nitrogen and oxygen atoms in total. The van der Waals surface area contributed by atoms with E-state index in [0.29, 0.717) is 0 Å². The second-order valence-corrected chi connectivity index (χ2v) is 15.7. The summed E-state index contributed by atoms with van der Waals surface area (Å²) in [7, 11) is 0. The van der Waals surface area contributed by atoms with Crippen molar-refractivity contribution < 1.29 is 67.1 Å². The molecule has 0 bridgehead atoms. The summed E-state index contributed by atoms with van der Waals surface area (Å²) in [5.41, 5.74) is -5.76. The number of pyridine rings is 1. The predicted molar refractivity (Wildman–Crippen MR) is 204 cm³/mol. The zero-order valence-corrected chi connectivity index (χ0v) is 34.1. The average Bonchev–Trinajstić information content (AvgIpc) is 3.34. The van der Waals surface area contributed by atoms with Gasteiger partial charge < -0.3 is 33.5 Å². The molecule has 0 unspecified atom stereocenters. The van der Waals surface area contributed by atoms with Crippen LogP contribution in [0.15, 0.2) is 79.2 Å². The number of carbonyl (C=O) groups is 7. The number of carbonyl (C=O) groups excluding carboxylic acids is 7. The second-order valence-electron chi connectivity index (χ2n) is 15.7. The summed E-state index contributed by atoms with van der Waals surface area (Å²) in [6.45, 7) is 16.0. The van der Waals surface area contributed by atoms with Crippen molar-refractivity contribution >= 4 is 41.6 Å². The van der Waals surface area contributed by atoms with E-state index in [2.05, 4.69) is 11.6 Å². The largest absolute Gasteiger partial charge is 0.459 e. The Labute approximate surface area is 337 Å². The number of aliphatic hydroxyl groups is 1. The zero-order chi connectivity index (χ0) is 43.3. The van der Waals surface area contributed by atoms with E-state index in [0.717, 1.165) is 34.6 Å². The van der Waals surface area contributed by atoms with Crippen LogP contribution in [0.4, 0.5) is 0 Å². The lowest BCUT2D eigenvalue weighted by Gasteiger charge is -2.46. The standard InChI is InChI=1S/C43H51NO14/c1-23-18-19-41(8,9)32(34(50)31-17-14-20-44-21-31)37(55-27(5)47)36(54-26(4)46)24(2)35(53-25(3)45)33-39(57-40(51)30-15-12-11-13-16-30)42(10,58-29(7)49)22-43(33,52)38(23)56-28(6)48/h11-21,23,32-33,35-39,52H,2,22H2,1,3-10H3/b19-18+/t23-,32+,33-,35-,36-,37-,38-,39+,42+,43+/m0/s1. The van der Waals surface area contributed by atoms with E-state index < -0.39 is 113 Å². The van der Waals surface area contributed by atoms with E-state index in [1.54, 1.807) is 51.1 Å². The maximum atomic E-state index is 14.7. The molecule has 2 aromatic rings. The number of fused-ring (bicyclic) bond motifs is 1. The number of aromatic nitrogens is 1. The Hall–Kier alpha value is -5.70. The van der Waals surface area contributed by atoms with Gasteiger partial charge in [-0.2, -0.15) is 0 Å². The number of allylic oxidation sites excluding steroid dienone is 1. The molecule has 15 heteroatoms. The van der Waals surface area contributed by atoms with Gasteiger partial charge in [0.2, 0.25) is 0 Å². The molecular formula is C43H51NO14. The van der Waals surface area contributed by atoms with Gasteiger partial charge in [0.1, 0.15) is 23.4 Å². The quantitative estimate of drug-likeness (QED) is 0.158. The first kappa shape index (κ1) is 45.0. The molecular weight excluding hydrogens is 754 g/mol. The number of hydrogen-bond acceptors (Lipinski definition) is 15. The Kier molecular flexibility index (Phi) is 13.8. The predicted octanol–water partition coefficient (Wildman–Crippen LogP) is 4.69. The van der Waals surface area contributed by atoms with Crippen molar-refractivity contribution in [1.82, 2.24) is 4.98 Å². The second kappa shape index (κ2) is 17.8. The Morgan fingerprint density at radius 1 is 0.724 bits per heavy atom. The van der Waals surface area contributed by atoms with Gasteiger partial charge >= 0.3 is 35.8 Å². The minimum atomic E-state index is -2.41. The summed E-state index contributed by atoms with van der Waals surface area (Å²) >= 11 is 0. The topological polar surface area (TPSA) is 208 Å². The summed E-state index contributed by atoms with van der Waals surface area (Å²) < 4.78 is 35.7. The van der Waals surface area contributed by atoms with Crippen LogP contribution in [-0.4, -0.2) is 93.4 Å². The summed E-state index contributed by atoms with van der Waals surface area (Å²) in [6, 6.07) is 10.8. The van der Waals surface area contributed by atoms with Gasteiger partial charge in [-0.3, -0.25) is 33.8 Å². The molecule has 1 aromatic carbocycles. The van der Waals surface area contributed by atoms with Crippen molar-refractivity contribution in [3.05, 3.63) is 90.3 Å². The molecule has 312 valence electrons. The van der Waals surface area contributed by atoms with Crippen molar-refractivity contribution in [3.8, 4) is 0 Å². The number of Topliss-reactive ketones (excluding diaryl/α,β-unsaturated/α-hetero) is 1. The van der Waals surface area contributed by atoms with Crippen molar-refractivity contribution in [2.75, 3.05) is 0 Å². The van der Waals surface area contributed by atoms with Gasteiger partial charge in [-0.15, -0.1) is 0 Å². The summed E-state index contributed by atoms with van der Waals surface area (Å²) in [6.07, 6.45) is -3.18. The number of rotatable bonds is 9. The fourth-order valence-electron chi connectivity index (χ4n) is 8.31. The van der Waals surface area contributed by atoms with E-state index in [9.17, 15) is 38.7 Å². The first-order valence-corrected chi connectivity index (χ1v) is 18.7. The molecule has 1 heterocycles. The van der Waals surface area contributed by atoms with E-state index in [1.165, 1.54) is 43.6 Å². The van der Waals surface area contributed by atoms with Gasteiger partial charge in [0.15, 0.2) is 24.1 Å². The van der Waals surface area contributed by atoms with Crippen LogP contribution in [0.3, 0.4) is 0 Å². The number of benzene rings is 1. The zero-order valence-electron chi connectivity index (χ0n) is 34.1. The van der Waals surface area contributed by atoms with Crippen LogP contribution in [0.25, 0.3) is 0 Å². The van der Waals surface area contributed by atoms with Gasteiger partial charge in [0.05, 0.1) is 17.4 Å². The smallest absolute Gasteiger partial charge is 0.338 e. The fraction of sp³-hybridized carbons (Fsp3) is 0.488.